The van der Waals surface area contributed by atoms with Crippen LogP contribution in [0.5, 0.6) is 0 Å². The van der Waals surface area contributed by atoms with Crippen LogP contribution in [0, 0.1) is 0 Å². The van der Waals surface area contributed by atoms with Crippen LogP contribution in [0.15, 0.2) is 0 Å². The molecule has 13 heavy (non-hydrogen) atoms. The number of aliphatic hydroxyl groups is 1. The first-order chi connectivity index (χ1) is 6.31. The van der Waals surface area contributed by atoms with E-state index >= 15 is 0 Å². The molecular formula is C11H20NO+. The minimum atomic E-state index is 0.0295. The van der Waals surface area contributed by atoms with Crippen molar-refractivity contribution in [3.63, 3.8) is 0 Å². The molecule has 3 saturated heterocycles. The van der Waals surface area contributed by atoms with E-state index < -0.39 is 0 Å². The Bertz CT molecular complexity index is 194. The van der Waals surface area contributed by atoms with Crippen LogP contribution in [-0.4, -0.2) is 40.9 Å². The van der Waals surface area contributed by atoms with Gasteiger partial charge in [-0.1, -0.05) is 0 Å². The van der Waals surface area contributed by atoms with Crippen molar-refractivity contribution >= 4 is 0 Å². The van der Waals surface area contributed by atoms with E-state index in [-0.39, 0.29) is 6.10 Å². The monoisotopic (exact) mass is 182 g/mol. The first kappa shape index (κ1) is 8.25. The van der Waals surface area contributed by atoms with Crippen LogP contribution in [0.3, 0.4) is 0 Å². The zero-order chi connectivity index (χ0) is 8.89. The van der Waals surface area contributed by atoms with Crippen LogP contribution in [0.2, 0.25) is 0 Å². The fraction of sp³-hybridized carbons (Fsp3) is 1.00. The van der Waals surface area contributed by atoms with Gasteiger partial charge in [-0.3, -0.25) is 0 Å². The van der Waals surface area contributed by atoms with Crippen molar-refractivity contribution in [3.05, 3.63) is 0 Å². The molecule has 0 radical (unpaired) electrons. The number of nitrogens with zero attached hydrogens (tertiary/aromatic N) is 1. The van der Waals surface area contributed by atoms with Crippen LogP contribution in [0.25, 0.3) is 0 Å². The number of rotatable bonds is 0. The van der Waals surface area contributed by atoms with Gasteiger partial charge in [0.05, 0.1) is 31.3 Å². The average Bonchev–Trinajstić information content (AvgIpc) is 2.63. The number of hydrogen-bond acceptors (Lipinski definition) is 1. The average molecular weight is 182 g/mol. The molecule has 74 valence electrons. The van der Waals surface area contributed by atoms with Gasteiger partial charge in [-0.05, 0) is 0 Å². The predicted octanol–water partition coefficient (Wildman–Crippen LogP) is 1.28. The quantitative estimate of drug-likeness (QED) is 0.560. The highest BCUT2D eigenvalue weighted by Gasteiger charge is 2.54. The van der Waals surface area contributed by atoms with Gasteiger partial charge in [-0.25, -0.2) is 0 Å². The van der Waals surface area contributed by atoms with Gasteiger partial charge < -0.3 is 9.59 Å². The first-order valence-corrected chi connectivity index (χ1v) is 5.86. The molecule has 0 unspecified atom stereocenters. The third-order valence-electron chi connectivity index (χ3n) is 4.77. The van der Waals surface area contributed by atoms with E-state index in [1.807, 2.05) is 0 Å². The first-order valence-electron chi connectivity index (χ1n) is 5.86. The van der Waals surface area contributed by atoms with Crippen LogP contribution >= 0.6 is 0 Å². The summed E-state index contributed by atoms with van der Waals surface area (Å²) in [6, 6.07) is 1.66. The van der Waals surface area contributed by atoms with E-state index in [9.17, 15) is 5.11 Å². The Morgan fingerprint density at radius 3 is 2.00 bits per heavy atom. The summed E-state index contributed by atoms with van der Waals surface area (Å²) in [6.45, 7) is 2.84. The SMILES string of the molecule is OC1C[C@H]2CC[C@H](C1)[N+]21CCCC1. The molecule has 2 bridgehead atoms. The van der Waals surface area contributed by atoms with Gasteiger partial charge in [0.25, 0.3) is 0 Å². The lowest BCUT2D eigenvalue weighted by atomic mass is 9.97. The van der Waals surface area contributed by atoms with Crippen molar-refractivity contribution in [1.29, 1.82) is 0 Å². The van der Waals surface area contributed by atoms with Crippen LogP contribution in [0.4, 0.5) is 0 Å². The summed E-state index contributed by atoms with van der Waals surface area (Å²) in [7, 11) is 0. The largest absolute Gasteiger partial charge is 0.393 e. The molecule has 3 rings (SSSR count). The van der Waals surface area contributed by atoms with Crippen molar-refractivity contribution in [2.24, 2.45) is 0 Å². The molecule has 3 aliphatic heterocycles. The second kappa shape index (κ2) is 2.71. The summed E-state index contributed by atoms with van der Waals surface area (Å²) in [4.78, 5) is 0. The number of hydrogen-bond donors (Lipinski definition) is 1. The van der Waals surface area contributed by atoms with Crippen LogP contribution in [-0.2, 0) is 0 Å². The molecule has 0 amide bonds. The maximum Gasteiger partial charge on any atom is 0.0919 e. The lowest BCUT2D eigenvalue weighted by Gasteiger charge is -2.46. The Morgan fingerprint density at radius 2 is 1.46 bits per heavy atom. The normalized spacial score (nSPS) is 47.3. The number of quaternary nitrogens is 1. The molecule has 3 heterocycles. The summed E-state index contributed by atoms with van der Waals surface area (Å²) < 4.78 is 1.41. The second-order valence-corrected chi connectivity index (χ2v) is 5.27. The van der Waals surface area contributed by atoms with Crippen molar-refractivity contribution in [2.75, 3.05) is 13.1 Å². The van der Waals surface area contributed by atoms with Crippen LogP contribution < -0.4 is 0 Å². The van der Waals surface area contributed by atoms with Crippen molar-refractivity contribution in [2.45, 2.75) is 56.7 Å². The van der Waals surface area contributed by atoms with E-state index in [0.29, 0.717) is 0 Å². The Hall–Kier alpha value is -0.0800. The van der Waals surface area contributed by atoms with Gasteiger partial charge in [-0.2, -0.15) is 0 Å². The van der Waals surface area contributed by atoms with Gasteiger partial charge in [0, 0.05) is 38.5 Å². The van der Waals surface area contributed by atoms with Gasteiger partial charge in [-0.15, -0.1) is 0 Å². The minimum Gasteiger partial charge on any atom is -0.393 e. The number of piperidine rings is 1. The Labute approximate surface area is 80.1 Å². The molecule has 3 fully saturated rings. The topological polar surface area (TPSA) is 20.2 Å². The molecule has 3 aliphatic rings. The summed E-state index contributed by atoms with van der Waals surface area (Å²) in [5.41, 5.74) is 0. The fourth-order valence-corrected chi connectivity index (χ4v) is 4.23. The van der Waals surface area contributed by atoms with E-state index in [1.165, 1.54) is 43.3 Å². The molecule has 2 heteroatoms. The van der Waals surface area contributed by atoms with E-state index in [1.54, 1.807) is 0 Å². The molecule has 0 aromatic heterocycles. The molecular weight excluding hydrogens is 162 g/mol. The Balaban J connectivity index is 1.89. The maximum absolute atomic E-state index is 9.72. The standard InChI is InChI=1S/C11H20NO/c13-11-7-9-3-4-10(8-11)12(9)5-1-2-6-12/h9-11,13H,1-8H2/q+1/t9-,10-/m1/s1. The summed E-state index contributed by atoms with van der Waals surface area (Å²) in [5.74, 6) is 0. The molecule has 0 aromatic carbocycles. The van der Waals surface area contributed by atoms with E-state index in [0.717, 1.165) is 24.9 Å². The zero-order valence-electron chi connectivity index (χ0n) is 8.28. The second-order valence-electron chi connectivity index (χ2n) is 5.27. The lowest BCUT2D eigenvalue weighted by molar-refractivity contribution is -0.956. The Morgan fingerprint density at radius 1 is 0.923 bits per heavy atom. The molecule has 0 aliphatic carbocycles. The summed E-state index contributed by atoms with van der Waals surface area (Å²) >= 11 is 0. The van der Waals surface area contributed by atoms with Gasteiger partial charge in [0.2, 0.25) is 0 Å². The van der Waals surface area contributed by atoms with Gasteiger partial charge >= 0.3 is 0 Å². The maximum atomic E-state index is 9.72. The Kier molecular flexibility index (Phi) is 1.72. The summed E-state index contributed by atoms with van der Waals surface area (Å²) in [6.07, 6.45) is 7.87. The number of aliphatic hydroxyl groups excluding tert-OH is 1. The van der Waals surface area contributed by atoms with Crippen LogP contribution in [0.1, 0.15) is 38.5 Å². The molecule has 1 spiro atoms. The molecule has 0 aromatic rings. The van der Waals surface area contributed by atoms with Crippen molar-refractivity contribution in [3.8, 4) is 0 Å². The predicted molar refractivity (Wildman–Crippen MR) is 51.3 cm³/mol. The van der Waals surface area contributed by atoms with Crippen molar-refractivity contribution in [1.82, 2.24) is 0 Å². The van der Waals surface area contributed by atoms with Gasteiger partial charge in [0.1, 0.15) is 0 Å². The van der Waals surface area contributed by atoms with Crippen molar-refractivity contribution < 1.29 is 9.59 Å². The third-order valence-corrected chi connectivity index (χ3v) is 4.77. The molecule has 2 nitrogen and oxygen atoms in total. The molecule has 2 atom stereocenters. The molecule has 1 N–H and O–H groups in total. The smallest absolute Gasteiger partial charge is 0.0919 e. The third kappa shape index (κ3) is 1.02. The fourth-order valence-electron chi connectivity index (χ4n) is 4.23. The van der Waals surface area contributed by atoms with E-state index in [2.05, 4.69) is 0 Å². The highest BCUT2D eigenvalue weighted by Crippen LogP contribution is 2.45. The van der Waals surface area contributed by atoms with Gasteiger partial charge in [0.15, 0.2) is 0 Å². The highest BCUT2D eigenvalue weighted by molar-refractivity contribution is 4.87. The lowest BCUT2D eigenvalue weighted by Crippen LogP contribution is -2.59. The molecule has 0 saturated carbocycles. The highest BCUT2D eigenvalue weighted by atomic mass is 16.3. The minimum absolute atomic E-state index is 0.0295. The summed E-state index contributed by atoms with van der Waals surface area (Å²) in [5, 5.41) is 9.72. The van der Waals surface area contributed by atoms with E-state index in [4.69, 9.17) is 0 Å². The zero-order valence-corrected chi connectivity index (χ0v) is 8.28.